The molecule has 0 spiro atoms. The first-order chi connectivity index (χ1) is 12.8. The Morgan fingerprint density at radius 2 is 1.70 bits per heavy atom. The van der Waals surface area contributed by atoms with Gasteiger partial charge in [-0.2, -0.15) is 5.10 Å². The van der Waals surface area contributed by atoms with Crippen LogP contribution in [0.3, 0.4) is 0 Å². The number of thiocarbonyl (C=S) groups is 1. The van der Waals surface area contributed by atoms with Crippen molar-refractivity contribution in [2.75, 3.05) is 5.32 Å². The molecule has 27 heavy (non-hydrogen) atoms. The lowest BCUT2D eigenvalue weighted by Gasteiger charge is -2.19. The molecule has 2 aromatic carbocycles. The minimum absolute atomic E-state index is 0.0459. The van der Waals surface area contributed by atoms with Crippen molar-refractivity contribution in [3.8, 4) is 5.69 Å². The van der Waals surface area contributed by atoms with Gasteiger partial charge in [-0.05, 0) is 59.6 Å². The Bertz CT molecular complexity index is 926. The first kappa shape index (κ1) is 18.7. The van der Waals surface area contributed by atoms with Gasteiger partial charge in [-0.15, -0.1) is 0 Å². The zero-order chi connectivity index (χ0) is 19.4. The fraction of sp³-hybridized carbons (Fsp3) is 0.200. The first-order valence-electron chi connectivity index (χ1n) is 8.51. The fourth-order valence-electron chi connectivity index (χ4n) is 2.50. The zero-order valence-electron chi connectivity index (χ0n) is 15.4. The minimum atomic E-state index is -0.243. The van der Waals surface area contributed by atoms with Crippen LogP contribution in [0.25, 0.3) is 5.69 Å². The Kier molecular flexibility index (Phi) is 5.32. The molecule has 138 valence electrons. The Morgan fingerprint density at radius 3 is 2.26 bits per heavy atom. The van der Waals surface area contributed by atoms with Crippen LogP contribution in [0.1, 0.15) is 36.7 Å². The average Bonchev–Trinajstić information content (AvgIpc) is 3.16. The molecule has 0 aliphatic rings. The highest BCUT2D eigenvalue weighted by atomic mass is 32.1. The molecule has 0 bridgehead atoms. The normalized spacial score (nSPS) is 11.1. The molecule has 1 heterocycles. The van der Waals surface area contributed by atoms with Crippen molar-refractivity contribution >= 4 is 28.9 Å². The predicted molar refractivity (Wildman–Crippen MR) is 110 cm³/mol. The second kappa shape index (κ2) is 7.67. The highest BCUT2D eigenvalue weighted by molar-refractivity contribution is 7.80. The van der Waals surface area contributed by atoms with Gasteiger partial charge in [0.25, 0.3) is 5.91 Å². The second-order valence-corrected chi connectivity index (χ2v) is 7.53. The summed E-state index contributed by atoms with van der Waals surface area (Å²) in [5.41, 5.74) is 3.43. The van der Waals surface area contributed by atoms with E-state index in [0.717, 1.165) is 11.4 Å². The van der Waals surface area contributed by atoms with Crippen LogP contribution in [0.5, 0.6) is 0 Å². The highest BCUT2D eigenvalue weighted by Crippen LogP contribution is 2.22. The second-order valence-electron chi connectivity index (χ2n) is 7.12. The van der Waals surface area contributed by atoms with Crippen LogP contribution in [-0.2, 0) is 5.41 Å². The van der Waals surface area contributed by atoms with Crippen molar-refractivity contribution < 1.29 is 4.79 Å². The largest absolute Gasteiger partial charge is 0.332 e. The number of amides is 1. The molecule has 0 unspecified atom stereocenters. The minimum Gasteiger partial charge on any atom is -0.332 e. The SMILES string of the molecule is CC(C)(C)c1ccc(C(=O)NC(=S)Nc2ccc(-n3cncn3)cc2)cc1. The van der Waals surface area contributed by atoms with Gasteiger partial charge in [-0.1, -0.05) is 32.9 Å². The van der Waals surface area contributed by atoms with Crippen LogP contribution >= 0.6 is 12.2 Å². The van der Waals surface area contributed by atoms with Gasteiger partial charge < -0.3 is 5.32 Å². The molecule has 0 aliphatic carbocycles. The molecular weight excluding hydrogens is 358 g/mol. The van der Waals surface area contributed by atoms with Crippen molar-refractivity contribution in [1.29, 1.82) is 0 Å². The summed E-state index contributed by atoms with van der Waals surface area (Å²) in [6, 6.07) is 15.0. The fourth-order valence-corrected chi connectivity index (χ4v) is 2.71. The van der Waals surface area contributed by atoms with Crippen LogP contribution < -0.4 is 10.6 Å². The molecule has 0 atom stereocenters. The van der Waals surface area contributed by atoms with E-state index in [-0.39, 0.29) is 16.4 Å². The first-order valence-corrected chi connectivity index (χ1v) is 8.92. The van der Waals surface area contributed by atoms with E-state index in [2.05, 4.69) is 41.5 Å². The summed E-state index contributed by atoms with van der Waals surface area (Å²) in [7, 11) is 0. The van der Waals surface area contributed by atoms with E-state index in [4.69, 9.17) is 12.2 Å². The Hall–Kier alpha value is -3.06. The monoisotopic (exact) mass is 379 g/mol. The number of aromatic nitrogens is 3. The third-order valence-corrected chi connectivity index (χ3v) is 4.25. The summed E-state index contributed by atoms with van der Waals surface area (Å²) in [5.74, 6) is -0.243. The third kappa shape index (κ3) is 4.77. The molecule has 2 N–H and O–H groups in total. The molecule has 6 nitrogen and oxygen atoms in total. The van der Waals surface area contributed by atoms with Crippen molar-refractivity contribution in [3.63, 3.8) is 0 Å². The number of carbonyl (C=O) groups excluding carboxylic acids is 1. The van der Waals surface area contributed by atoms with Crippen molar-refractivity contribution in [2.45, 2.75) is 26.2 Å². The van der Waals surface area contributed by atoms with Gasteiger partial charge in [-0.3, -0.25) is 10.1 Å². The van der Waals surface area contributed by atoms with Gasteiger partial charge in [-0.25, -0.2) is 9.67 Å². The Morgan fingerprint density at radius 1 is 1.04 bits per heavy atom. The van der Waals surface area contributed by atoms with Crippen LogP contribution in [0.2, 0.25) is 0 Å². The van der Waals surface area contributed by atoms with E-state index in [1.54, 1.807) is 11.0 Å². The summed E-state index contributed by atoms with van der Waals surface area (Å²) in [4.78, 5) is 16.3. The number of nitrogens with zero attached hydrogens (tertiary/aromatic N) is 3. The maximum absolute atomic E-state index is 12.4. The lowest BCUT2D eigenvalue weighted by Crippen LogP contribution is -2.34. The number of benzene rings is 2. The van der Waals surface area contributed by atoms with Crippen LogP contribution in [0.15, 0.2) is 61.2 Å². The van der Waals surface area contributed by atoms with Gasteiger partial charge >= 0.3 is 0 Å². The summed E-state index contributed by atoms with van der Waals surface area (Å²) in [6.45, 7) is 6.40. The number of nitrogens with one attached hydrogen (secondary N) is 2. The van der Waals surface area contributed by atoms with E-state index < -0.39 is 0 Å². The number of anilines is 1. The quantitative estimate of drug-likeness (QED) is 0.679. The average molecular weight is 379 g/mol. The van der Waals surface area contributed by atoms with Gasteiger partial charge in [0.05, 0.1) is 5.69 Å². The lowest BCUT2D eigenvalue weighted by atomic mass is 9.87. The van der Waals surface area contributed by atoms with E-state index in [0.29, 0.717) is 5.56 Å². The Balaban J connectivity index is 1.59. The van der Waals surface area contributed by atoms with E-state index in [9.17, 15) is 4.79 Å². The number of hydrogen-bond donors (Lipinski definition) is 2. The number of carbonyl (C=O) groups is 1. The van der Waals surface area contributed by atoms with Crippen molar-refractivity contribution in [3.05, 3.63) is 72.3 Å². The number of hydrogen-bond acceptors (Lipinski definition) is 4. The van der Waals surface area contributed by atoms with Gasteiger partial charge in [0.2, 0.25) is 0 Å². The molecule has 0 radical (unpaired) electrons. The molecule has 3 aromatic rings. The Labute approximate surface area is 163 Å². The topological polar surface area (TPSA) is 71.8 Å². The smallest absolute Gasteiger partial charge is 0.257 e. The molecule has 0 saturated heterocycles. The molecule has 0 aliphatic heterocycles. The summed E-state index contributed by atoms with van der Waals surface area (Å²) in [5, 5.41) is 10.0. The van der Waals surface area contributed by atoms with Crippen molar-refractivity contribution in [2.24, 2.45) is 0 Å². The summed E-state index contributed by atoms with van der Waals surface area (Å²) >= 11 is 5.24. The number of rotatable bonds is 3. The van der Waals surface area contributed by atoms with Gasteiger partial charge in [0.15, 0.2) is 5.11 Å². The standard InChI is InChI=1S/C20H21N5OS/c1-20(2,3)15-6-4-14(5-7-15)18(26)24-19(27)23-16-8-10-17(11-9-16)25-13-21-12-22-25/h4-13H,1-3H3,(H2,23,24,26,27). The maximum atomic E-state index is 12.4. The molecule has 1 amide bonds. The van der Waals surface area contributed by atoms with Gasteiger partial charge in [0, 0.05) is 11.3 Å². The highest BCUT2D eigenvalue weighted by Gasteiger charge is 2.14. The van der Waals surface area contributed by atoms with Gasteiger partial charge in [0.1, 0.15) is 12.7 Å². The van der Waals surface area contributed by atoms with Crippen molar-refractivity contribution in [1.82, 2.24) is 20.1 Å². The maximum Gasteiger partial charge on any atom is 0.257 e. The molecule has 7 heteroatoms. The van der Waals surface area contributed by atoms with E-state index >= 15 is 0 Å². The lowest BCUT2D eigenvalue weighted by molar-refractivity contribution is 0.0977. The third-order valence-electron chi connectivity index (χ3n) is 4.05. The summed E-state index contributed by atoms with van der Waals surface area (Å²) < 4.78 is 1.66. The molecule has 1 aromatic heterocycles. The summed E-state index contributed by atoms with van der Waals surface area (Å²) in [6.07, 6.45) is 3.10. The van der Waals surface area contributed by atoms with Crippen LogP contribution in [-0.4, -0.2) is 25.8 Å². The molecule has 0 fully saturated rings. The van der Waals surface area contributed by atoms with E-state index in [1.807, 2.05) is 48.5 Å². The zero-order valence-corrected chi connectivity index (χ0v) is 16.2. The van der Waals surface area contributed by atoms with E-state index in [1.165, 1.54) is 11.9 Å². The van der Waals surface area contributed by atoms with Crippen LogP contribution in [0, 0.1) is 0 Å². The predicted octanol–water partition coefficient (Wildman–Crippen LogP) is 3.69. The molecule has 3 rings (SSSR count). The molecular formula is C20H21N5OS. The van der Waals surface area contributed by atoms with Crippen LogP contribution in [0.4, 0.5) is 5.69 Å². The molecule has 0 saturated carbocycles.